The van der Waals surface area contributed by atoms with Crippen molar-refractivity contribution in [3.8, 4) is 5.75 Å². The van der Waals surface area contributed by atoms with E-state index in [-0.39, 0.29) is 24.8 Å². The zero-order chi connectivity index (χ0) is 20.6. The maximum atomic E-state index is 12.8. The number of nitrogens with zero attached hydrogens (tertiary/aromatic N) is 1. The Bertz CT molecular complexity index is 967. The molecule has 0 radical (unpaired) electrons. The summed E-state index contributed by atoms with van der Waals surface area (Å²) in [5.41, 5.74) is 8.21. The molecule has 1 unspecified atom stereocenters. The van der Waals surface area contributed by atoms with Crippen LogP contribution in [0.3, 0.4) is 0 Å². The minimum atomic E-state index is -0.578. The van der Waals surface area contributed by atoms with Crippen molar-refractivity contribution in [3.63, 3.8) is 0 Å². The largest absolute Gasteiger partial charge is 0.495 e. The van der Waals surface area contributed by atoms with Gasteiger partial charge in [0.05, 0.1) is 24.3 Å². The highest BCUT2D eigenvalue weighted by Gasteiger charge is 2.37. The van der Waals surface area contributed by atoms with Crippen molar-refractivity contribution in [2.24, 2.45) is 11.7 Å². The van der Waals surface area contributed by atoms with Crippen molar-refractivity contribution in [2.45, 2.75) is 27.2 Å². The maximum absolute atomic E-state index is 12.8. The van der Waals surface area contributed by atoms with Crippen molar-refractivity contribution in [1.82, 2.24) is 0 Å². The molecule has 3 N–H and O–H groups in total. The summed E-state index contributed by atoms with van der Waals surface area (Å²) in [6.07, 6.45) is 0.0954. The normalized spacial score (nSPS) is 16.4. The monoisotopic (exact) mass is 401 g/mol. The molecule has 7 nitrogen and oxygen atoms in total. The number of benzene rings is 1. The third kappa shape index (κ3) is 3.60. The molecular weight excluding hydrogens is 378 g/mol. The van der Waals surface area contributed by atoms with Crippen molar-refractivity contribution in [3.05, 3.63) is 39.8 Å². The van der Waals surface area contributed by atoms with Crippen LogP contribution < -0.4 is 20.7 Å². The molecule has 1 aliphatic heterocycles. The van der Waals surface area contributed by atoms with Gasteiger partial charge in [-0.05, 0) is 44.0 Å². The summed E-state index contributed by atoms with van der Waals surface area (Å²) in [6.45, 7) is 5.85. The lowest BCUT2D eigenvalue weighted by atomic mass is 10.1. The number of nitrogens with one attached hydrogen (secondary N) is 1. The van der Waals surface area contributed by atoms with Gasteiger partial charge in [-0.15, -0.1) is 11.3 Å². The molecule has 3 amide bonds. The molecule has 1 aliphatic rings. The maximum Gasteiger partial charge on any atom is 0.251 e. The fraction of sp³-hybridized carbons (Fsp3) is 0.350. The Morgan fingerprint density at radius 2 is 2.00 bits per heavy atom. The van der Waals surface area contributed by atoms with Crippen LogP contribution in [-0.4, -0.2) is 31.4 Å². The van der Waals surface area contributed by atoms with Crippen LogP contribution in [-0.2, 0) is 9.59 Å². The van der Waals surface area contributed by atoms with E-state index in [4.69, 9.17) is 10.5 Å². The van der Waals surface area contributed by atoms with Gasteiger partial charge in [0.25, 0.3) is 5.91 Å². The van der Waals surface area contributed by atoms with Crippen LogP contribution in [0, 0.1) is 26.7 Å². The number of carbonyl (C=O) groups excluding carboxylic acids is 3. The quantitative estimate of drug-likeness (QED) is 0.804. The number of aryl methyl sites for hydroxylation is 2. The number of rotatable bonds is 5. The van der Waals surface area contributed by atoms with E-state index >= 15 is 0 Å². The van der Waals surface area contributed by atoms with Crippen molar-refractivity contribution in [2.75, 3.05) is 23.9 Å². The topological polar surface area (TPSA) is 102 Å². The third-order valence-electron chi connectivity index (χ3n) is 4.99. The molecule has 148 valence electrons. The highest BCUT2D eigenvalue weighted by Crippen LogP contribution is 2.36. The summed E-state index contributed by atoms with van der Waals surface area (Å²) < 4.78 is 5.37. The second kappa shape index (κ2) is 7.63. The second-order valence-corrected chi connectivity index (χ2v) is 8.15. The minimum Gasteiger partial charge on any atom is -0.495 e. The molecule has 1 saturated heterocycles. The molecular formula is C20H23N3O4S. The van der Waals surface area contributed by atoms with E-state index in [1.807, 2.05) is 32.0 Å². The molecule has 1 fully saturated rings. The van der Waals surface area contributed by atoms with Crippen molar-refractivity contribution >= 4 is 39.7 Å². The van der Waals surface area contributed by atoms with Crippen LogP contribution in [0.2, 0.25) is 0 Å². The molecule has 28 heavy (non-hydrogen) atoms. The Morgan fingerprint density at radius 1 is 1.29 bits per heavy atom. The van der Waals surface area contributed by atoms with Gasteiger partial charge in [0, 0.05) is 17.8 Å². The lowest BCUT2D eigenvalue weighted by Crippen LogP contribution is -2.28. The van der Waals surface area contributed by atoms with E-state index < -0.39 is 11.8 Å². The molecule has 8 heteroatoms. The molecule has 0 bridgehead atoms. The molecule has 0 spiro atoms. The van der Waals surface area contributed by atoms with Gasteiger partial charge in [0.15, 0.2) is 0 Å². The SMILES string of the molecule is COc1ccc(C)cc1N1CC(C(=O)Nc2sc(C)c(C)c2C(N)=O)CC1=O. The number of carbonyl (C=O) groups is 3. The van der Waals surface area contributed by atoms with Gasteiger partial charge in [0.1, 0.15) is 10.8 Å². The minimum absolute atomic E-state index is 0.0954. The lowest BCUT2D eigenvalue weighted by molar-refractivity contribution is -0.122. The van der Waals surface area contributed by atoms with Crippen LogP contribution in [0.25, 0.3) is 0 Å². The molecule has 3 rings (SSSR count). The summed E-state index contributed by atoms with van der Waals surface area (Å²) in [6, 6.07) is 5.58. The molecule has 1 atom stereocenters. The van der Waals surface area contributed by atoms with Crippen LogP contribution in [0.5, 0.6) is 5.75 Å². The summed E-state index contributed by atoms with van der Waals surface area (Å²) in [7, 11) is 1.55. The van der Waals surface area contributed by atoms with E-state index in [0.717, 1.165) is 16.0 Å². The Kier molecular flexibility index (Phi) is 5.42. The highest BCUT2D eigenvalue weighted by atomic mass is 32.1. The Morgan fingerprint density at radius 3 is 2.64 bits per heavy atom. The number of primary amides is 1. The van der Waals surface area contributed by atoms with Gasteiger partial charge in [0.2, 0.25) is 11.8 Å². The number of thiophene rings is 1. The fourth-order valence-corrected chi connectivity index (χ4v) is 4.42. The van der Waals surface area contributed by atoms with Crippen LogP contribution in [0.1, 0.15) is 32.8 Å². The molecule has 1 aromatic carbocycles. The Balaban J connectivity index is 1.81. The van der Waals surface area contributed by atoms with E-state index in [2.05, 4.69) is 5.32 Å². The number of amides is 3. The summed E-state index contributed by atoms with van der Waals surface area (Å²) in [5, 5.41) is 3.23. The second-order valence-electron chi connectivity index (χ2n) is 6.92. The van der Waals surface area contributed by atoms with Gasteiger partial charge >= 0.3 is 0 Å². The number of ether oxygens (including phenoxy) is 1. The van der Waals surface area contributed by atoms with E-state index in [1.54, 1.807) is 18.9 Å². The van der Waals surface area contributed by atoms with Gasteiger partial charge in [-0.3, -0.25) is 14.4 Å². The first-order valence-corrected chi connectivity index (χ1v) is 9.70. The number of methoxy groups -OCH3 is 1. The molecule has 0 saturated carbocycles. The average molecular weight is 401 g/mol. The number of hydrogen-bond acceptors (Lipinski definition) is 5. The van der Waals surface area contributed by atoms with Crippen molar-refractivity contribution < 1.29 is 19.1 Å². The smallest absolute Gasteiger partial charge is 0.251 e. The Labute approximate surface area is 167 Å². The Hall–Kier alpha value is -2.87. The van der Waals surface area contributed by atoms with Gasteiger partial charge in [-0.1, -0.05) is 6.07 Å². The predicted molar refractivity (Wildman–Crippen MR) is 109 cm³/mol. The fourth-order valence-electron chi connectivity index (χ4n) is 3.35. The first kappa shape index (κ1) is 19.9. The number of nitrogens with two attached hydrogens (primary N) is 1. The van der Waals surface area contributed by atoms with Gasteiger partial charge in [-0.25, -0.2) is 0 Å². The molecule has 2 aromatic rings. The standard InChI is InChI=1S/C20H23N3O4S/c1-10-5-6-15(27-4)14(7-10)23-9-13(8-16(23)24)19(26)22-20-17(18(21)25)11(2)12(3)28-20/h5-7,13H,8-9H2,1-4H3,(H2,21,25)(H,22,26). The third-order valence-corrected chi connectivity index (χ3v) is 6.11. The zero-order valence-corrected chi connectivity index (χ0v) is 17.1. The highest BCUT2D eigenvalue weighted by molar-refractivity contribution is 7.16. The van der Waals surface area contributed by atoms with Crippen LogP contribution in [0.15, 0.2) is 18.2 Å². The van der Waals surface area contributed by atoms with E-state index in [1.165, 1.54) is 11.3 Å². The summed E-state index contributed by atoms with van der Waals surface area (Å²) in [4.78, 5) is 39.6. The van der Waals surface area contributed by atoms with E-state index in [0.29, 0.717) is 22.0 Å². The average Bonchev–Trinajstić information content (AvgIpc) is 3.15. The van der Waals surface area contributed by atoms with Crippen LogP contribution in [0.4, 0.5) is 10.7 Å². The van der Waals surface area contributed by atoms with Crippen molar-refractivity contribution in [1.29, 1.82) is 0 Å². The molecule has 2 heterocycles. The van der Waals surface area contributed by atoms with Crippen LogP contribution >= 0.6 is 11.3 Å². The number of hydrogen-bond donors (Lipinski definition) is 2. The summed E-state index contributed by atoms with van der Waals surface area (Å²) >= 11 is 1.31. The van der Waals surface area contributed by atoms with Gasteiger partial charge in [-0.2, -0.15) is 0 Å². The lowest BCUT2D eigenvalue weighted by Gasteiger charge is -2.20. The first-order valence-electron chi connectivity index (χ1n) is 8.88. The number of anilines is 2. The molecule has 0 aliphatic carbocycles. The predicted octanol–water partition coefficient (Wildman–Crippen LogP) is 2.77. The van der Waals surface area contributed by atoms with E-state index in [9.17, 15) is 14.4 Å². The van der Waals surface area contributed by atoms with Gasteiger partial charge < -0.3 is 20.7 Å². The first-order chi connectivity index (χ1) is 13.2. The zero-order valence-electron chi connectivity index (χ0n) is 16.3. The molecule has 1 aromatic heterocycles. The summed E-state index contributed by atoms with van der Waals surface area (Å²) in [5.74, 6) is -0.962.